The summed E-state index contributed by atoms with van der Waals surface area (Å²) >= 11 is 0. The normalized spacial score (nSPS) is 15.4. The lowest BCUT2D eigenvalue weighted by atomic mass is 10.00. The number of aryl methyl sites for hydroxylation is 1. The molecule has 2 aromatic rings. The monoisotopic (exact) mass is 530 g/mol. The van der Waals surface area contributed by atoms with E-state index < -0.39 is 29.7 Å². The molecule has 38 heavy (non-hydrogen) atoms. The number of nitrogens with zero attached hydrogens (tertiary/aromatic N) is 1. The first-order valence-corrected chi connectivity index (χ1v) is 13.0. The van der Waals surface area contributed by atoms with Crippen molar-refractivity contribution in [3.05, 3.63) is 70.8 Å². The zero-order valence-electron chi connectivity index (χ0n) is 21.6. The fourth-order valence-electron chi connectivity index (χ4n) is 4.41. The van der Waals surface area contributed by atoms with E-state index in [-0.39, 0.29) is 44.0 Å². The molecule has 0 unspecified atom stereocenters. The minimum absolute atomic E-state index is 0.00242. The Balaban J connectivity index is 1.59. The molecule has 3 rings (SSSR count). The van der Waals surface area contributed by atoms with Crippen molar-refractivity contribution in [3.63, 3.8) is 0 Å². The smallest absolute Gasteiger partial charge is 0.223 e. The molecule has 0 bridgehead atoms. The van der Waals surface area contributed by atoms with E-state index in [0.717, 1.165) is 30.2 Å². The third-order valence-corrected chi connectivity index (χ3v) is 6.50. The van der Waals surface area contributed by atoms with Crippen molar-refractivity contribution in [2.45, 2.75) is 57.7 Å². The maximum Gasteiger partial charge on any atom is 0.223 e. The second kappa shape index (κ2) is 14.5. The van der Waals surface area contributed by atoms with Crippen molar-refractivity contribution in [1.82, 2.24) is 20.9 Å². The van der Waals surface area contributed by atoms with Crippen molar-refractivity contribution >= 4 is 17.7 Å². The van der Waals surface area contributed by atoms with Gasteiger partial charge in [-0.2, -0.15) is 0 Å². The van der Waals surface area contributed by atoms with E-state index in [1.54, 1.807) is 4.90 Å². The number of halogens is 2. The number of aliphatic hydroxyl groups is 1. The zero-order valence-corrected chi connectivity index (χ0v) is 21.6. The summed E-state index contributed by atoms with van der Waals surface area (Å²) in [5.41, 5.74) is 2.54. The van der Waals surface area contributed by atoms with Crippen LogP contribution in [0.3, 0.4) is 0 Å². The van der Waals surface area contributed by atoms with Gasteiger partial charge in [0.15, 0.2) is 0 Å². The number of carbonyl (C=O) groups excluding carboxylic acids is 3. The quantitative estimate of drug-likeness (QED) is 0.335. The lowest BCUT2D eigenvalue weighted by molar-refractivity contribution is -0.133. The van der Waals surface area contributed by atoms with E-state index in [9.17, 15) is 28.3 Å². The van der Waals surface area contributed by atoms with Gasteiger partial charge in [-0.15, -0.1) is 0 Å². The number of hydrogen-bond acceptors (Lipinski definition) is 5. The molecule has 2 atom stereocenters. The van der Waals surface area contributed by atoms with Gasteiger partial charge in [0.2, 0.25) is 17.7 Å². The third kappa shape index (κ3) is 9.50. The highest BCUT2D eigenvalue weighted by molar-refractivity contribution is 5.84. The second-order valence-corrected chi connectivity index (χ2v) is 9.51. The number of benzene rings is 2. The highest BCUT2D eigenvalue weighted by atomic mass is 19.1. The Morgan fingerprint density at radius 3 is 2.53 bits per heavy atom. The van der Waals surface area contributed by atoms with Gasteiger partial charge in [0.05, 0.1) is 12.1 Å². The SMILES string of the molecule is CCc1cccc(CNC[C@@H](O)[C@H](Cc2cc(F)cc(F)c2)NC(=O)CCC(=O)N2CCNC(=O)CC2)c1. The summed E-state index contributed by atoms with van der Waals surface area (Å²) in [5.74, 6) is -2.31. The van der Waals surface area contributed by atoms with Crippen LogP contribution in [0.4, 0.5) is 8.78 Å². The fourth-order valence-corrected chi connectivity index (χ4v) is 4.41. The van der Waals surface area contributed by atoms with Crippen LogP contribution in [0.5, 0.6) is 0 Å². The van der Waals surface area contributed by atoms with Gasteiger partial charge in [-0.05, 0) is 41.7 Å². The molecule has 3 amide bonds. The molecule has 0 spiro atoms. The van der Waals surface area contributed by atoms with Gasteiger partial charge in [0.25, 0.3) is 0 Å². The minimum Gasteiger partial charge on any atom is -0.390 e. The van der Waals surface area contributed by atoms with Gasteiger partial charge in [0.1, 0.15) is 11.6 Å². The molecule has 1 heterocycles. The first kappa shape index (κ1) is 29.2. The molecule has 8 nitrogen and oxygen atoms in total. The second-order valence-electron chi connectivity index (χ2n) is 9.51. The molecule has 2 aromatic carbocycles. The van der Waals surface area contributed by atoms with E-state index in [4.69, 9.17) is 0 Å². The van der Waals surface area contributed by atoms with Gasteiger partial charge in [-0.1, -0.05) is 31.2 Å². The average Bonchev–Trinajstić information content (AvgIpc) is 3.10. The van der Waals surface area contributed by atoms with Crippen LogP contribution in [0, 0.1) is 11.6 Å². The summed E-state index contributed by atoms with van der Waals surface area (Å²) in [6.45, 7) is 3.75. The summed E-state index contributed by atoms with van der Waals surface area (Å²) in [4.78, 5) is 38.3. The highest BCUT2D eigenvalue weighted by Crippen LogP contribution is 2.13. The van der Waals surface area contributed by atoms with E-state index in [2.05, 4.69) is 28.9 Å². The molecular formula is C28H36F2N4O4. The lowest BCUT2D eigenvalue weighted by Gasteiger charge is -2.25. The van der Waals surface area contributed by atoms with Crippen LogP contribution in [-0.2, 0) is 33.8 Å². The van der Waals surface area contributed by atoms with Crippen LogP contribution >= 0.6 is 0 Å². The van der Waals surface area contributed by atoms with Crippen LogP contribution < -0.4 is 16.0 Å². The van der Waals surface area contributed by atoms with Crippen LogP contribution in [0.1, 0.15) is 42.9 Å². The van der Waals surface area contributed by atoms with Crippen LogP contribution in [0.2, 0.25) is 0 Å². The Labute approximate surface area is 221 Å². The van der Waals surface area contributed by atoms with Crippen LogP contribution in [0.25, 0.3) is 0 Å². The standard InChI is InChI=1S/C28H36F2N4O4/c1-2-19-4-3-5-20(12-19)17-31-18-25(35)24(15-21-13-22(29)16-23(30)14-21)33-27(37)6-7-28(38)34-10-8-26(36)32-9-11-34/h3-5,12-14,16,24-25,31,35H,2,6-11,15,17-18H2,1H3,(H,32,36)(H,33,37)/t24-,25+/m0/s1. The van der Waals surface area contributed by atoms with E-state index in [1.807, 2.05) is 18.2 Å². The molecule has 0 aliphatic carbocycles. The van der Waals surface area contributed by atoms with Crippen molar-refractivity contribution in [2.75, 3.05) is 26.2 Å². The lowest BCUT2D eigenvalue weighted by Crippen LogP contribution is -2.49. The average molecular weight is 531 g/mol. The first-order valence-electron chi connectivity index (χ1n) is 13.0. The van der Waals surface area contributed by atoms with Crippen molar-refractivity contribution in [1.29, 1.82) is 0 Å². The van der Waals surface area contributed by atoms with Crippen LogP contribution in [0.15, 0.2) is 42.5 Å². The predicted molar refractivity (Wildman–Crippen MR) is 139 cm³/mol. The first-order chi connectivity index (χ1) is 18.2. The Kier molecular flexibility index (Phi) is 11.2. The molecule has 1 saturated heterocycles. The minimum atomic E-state index is -1.06. The maximum atomic E-state index is 13.8. The number of hydrogen-bond donors (Lipinski definition) is 4. The maximum absolute atomic E-state index is 13.8. The number of nitrogens with one attached hydrogen (secondary N) is 3. The molecule has 1 aliphatic heterocycles. The Morgan fingerprint density at radius 1 is 1.05 bits per heavy atom. The predicted octanol–water partition coefficient (Wildman–Crippen LogP) is 1.83. The van der Waals surface area contributed by atoms with Gasteiger partial charge in [-0.25, -0.2) is 8.78 Å². The van der Waals surface area contributed by atoms with Crippen molar-refractivity contribution in [3.8, 4) is 0 Å². The number of amides is 3. The molecule has 10 heteroatoms. The van der Waals surface area contributed by atoms with E-state index >= 15 is 0 Å². The summed E-state index contributed by atoms with van der Waals surface area (Å²) in [6, 6.07) is 10.3. The van der Waals surface area contributed by atoms with Gasteiger partial charge in [0, 0.05) is 58.1 Å². The van der Waals surface area contributed by atoms with Gasteiger partial charge < -0.3 is 26.0 Å². The number of aliphatic hydroxyl groups excluding tert-OH is 1. The summed E-state index contributed by atoms with van der Waals surface area (Å²) in [5, 5.41) is 19.5. The molecular weight excluding hydrogens is 494 g/mol. The third-order valence-electron chi connectivity index (χ3n) is 6.50. The molecule has 0 aromatic heterocycles. The van der Waals surface area contributed by atoms with Crippen molar-refractivity contribution < 1.29 is 28.3 Å². The van der Waals surface area contributed by atoms with Crippen molar-refractivity contribution in [2.24, 2.45) is 0 Å². The molecule has 206 valence electrons. The molecule has 1 aliphatic rings. The van der Waals surface area contributed by atoms with Crippen LogP contribution in [-0.4, -0.2) is 66.1 Å². The Hall–Kier alpha value is -3.37. The zero-order chi connectivity index (χ0) is 27.5. The molecule has 4 N–H and O–H groups in total. The van der Waals surface area contributed by atoms with E-state index in [0.29, 0.717) is 31.7 Å². The fraction of sp³-hybridized carbons (Fsp3) is 0.464. The van der Waals surface area contributed by atoms with Gasteiger partial charge >= 0.3 is 0 Å². The Bertz CT molecular complexity index is 1090. The number of carbonyl (C=O) groups is 3. The topological polar surface area (TPSA) is 111 Å². The van der Waals surface area contributed by atoms with E-state index in [1.165, 1.54) is 5.56 Å². The largest absolute Gasteiger partial charge is 0.390 e. The number of rotatable bonds is 12. The van der Waals surface area contributed by atoms with Gasteiger partial charge in [-0.3, -0.25) is 14.4 Å². The summed E-state index contributed by atoms with van der Waals surface area (Å²) in [6.07, 6.45) is -0.102. The summed E-state index contributed by atoms with van der Waals surface area (Å²) in [7, 11) is 0. The highest BCUT2D eigenvalue weighted by Gasteiger charge is 2.24. The summed E-state index contributed by atoms with van der Waals surface area (Å²) < 4.78 is 27.5. The Morgan fingerprint density at radius 2 is 1.79 bits per heavy atom. The molecule has 1 fully saturated rings. The molecule has 0 saturated carbocycles. The molecule has 0 radical (unpaired) electrons.